The molecule has 2 aromatic heterocycles. The Bertz CT molecular complexity index is 1130. The van der Waals surface area contributed by atoms with Crippen molar-refractivity contribution in [2.75, 3.05) is 7.11 Å². The average molecular weight is 364 g/mol. The second-order valence-electron chi connectivity index (χ2n) is 5.76. The normalized spacial score (nSPS) is 11.0. The fourth-order valence-corrected chi connectivity index (χ4v) is 3.09. The Morgan fingerprint density at radius 1 is 1.04 bits per heavy atom. The van der Waals surface area contributed by atoms with Gasteiger partial charge in [0, 0.05) is 44.7 Å². The Morgan fingerprint density at radius 2 is 1.85 bits per heavy atom. The van der Waals surface area contributed by atoms with Crippen molar-refractivity contribution in [1.82, 2.24) is 15.4 Å². The summed E-state index contributed by atoms with van der Waals surface area (Å²) in [4.78, 5) is 25.8. The third kappa shape index (κ3) is 2.87. The highest BCUT2D eigenvalue weighted by Gasteiger charge is 2.13. The minimum atomic E-state index is -0.324. The van der Waals surface area contributed by atoms with E-state index in [4.69, 9.17) is 21.4 Å². The van der Waals surface area contributed by atoms with E-state index in [0.29, 0.717) is 16.1 Å². The molecule has 5 nitrogen and oxygen atoms in total. The number of amides is 1. The number of nitrogens with zero attached hydrogens (tertiary/aromatic N) is 2. The van der Waals surface area contributed by atoms with Crippen LogP contribution in [-0.2, 0) is 4.84 Å². The molecule has 2 aromatic carbocycles. The first kappa shape index (κ1) is 16.4. The van der Waals surface area contributed by atoms with E-state index in [1.165, 1.54) is 7.11 Å². The zero-order valence-corrected chi connectivity index (χ0v) is 14.6. The standard InChI is InChI=1S/C20H14ClN3O2/c1-26-24-20(25)13-4-7-15-17-11-22-9-8-16(17)19(23-18(15)10-13)12-2-5-14(21)6-3-12/h2-11H,1H3,(H,24,25). The van der Waals surface area contributed by atoms with Crippen molar-refractivity contribution in [2.45, 2.75) is 0 Å². The number of fused-ring (bicyclic) bond motifs is 3. The molecule has 0 bridgehead atoms. The number of carbonyl (C=O) groups is 1. The van der Waals surface area contributed by atoms with Gasteiger partial charge in [-0.25, -0.2) is 10.5 Å². The van der Waals surface area contributed by atoms with Crippen molar-refractivity contribution < 1.29 is 9.63 Å². The molecule has 2 heterocycles. The van der Waals surface area contributed by atoms with Crippen LogP contribution in [0.1, 0.15) is 10.4 Å². The largest absolute Gasteiger partial charge is 0.277 e. The van der Waals surface area contributed by atoms with Gasteiger partial charge >= 0.3 is 0 Å². The van der Waals surface area contributed by atoms with E-state index in [1.807, 2.05) is 42.6 Å². The van der Waals surface area contributed by atoms with Crippen LogP contribution in [0.15, 0.2) is 60.9 Å². The van der Waals surface area contributed by atoms with Crippen LogP contribution in [0.3, 0.4) is 0 Å². The third-order valence-electron chi connectivity index (χ3n) is 4.17. The fraction of sp³-hybridized carbons (Fsp3) is 0.0500. The molecule has 0 spiro atoms. The molecule has 0 radical (unpaired) electrons. The highest BCUT2D eigenvalue weighted by Crippen LogP contribution is 2.32. The van der Waals surface area contributed by atoms with E-state index in [-0.39, 0.29) is 5.91 Å². The molecule has 128 valence electrons. The van der Waals surface area contributed by atoms with E-state index >= 15 is 0 Å². The van der Waals surface area contributed by atoms with Gasteiger partial charge in [0.15, 0.2) is 0 Å². The van der Waals surface area contributed by atoms with Gasteiger partial charge in [-0.15, -0.1) is 0 Å². The topological polar surface area (TPSA) is 64.1 Å². The zero-order chi connectivity index (χ0) is 18.1. The third-order valence-corrected chi connectivity index (χ3v) is 4.42. The lowest BCUT2D eigenvalue weighted by Crippen LogP contribution is -2.21. The van der Waals surface area contributed by atoms with Crippen LogP contribution in [0.25, 0.3) is 32.9 Å². The lowest BCUT2D eigenvalue weighted by Gasteiger charge is -2.11. The van der Waals surface area contributed by atoms with E-state index in [0.717, 1.165) is 27.4 Å². The highest BCUT2D eigenvalue weighted by molar-refractivity contribution is 6.30. The maximum atomic E-state index is 12.1. The molecule has 0 aliphatic heterocycles. The zero-order valence-electron chi connectivity index (χ0n) is 13.9. The molecule has 4 rings (SSSR count). The number of hydroxylamine groups is 1. The first-order valence-electron chi connectivity index (χ1n) is 7.94. The Hall–Kier alpha value is -3.02. The quantitative estimate of drug-likeness (QED) is 0.433. The number of carbonyl (C=O) groups excluding carboxylic acids is 1. The van der Waals surface area contributed by atoms with Gasteiger partial charge in [-0.3, -0.25) is 14.6 Å². The minimum absolute atomic E-state index is 0.324. The monoisotopic (exact) mass is 363 g/mol. The van der Waals surface area contributed by atoms with Gasteiger partial charge in [-0.05, 0) is 30.3 Å². The molecule has 26 heavy (non-hydrogen) atoms. The molecule has 6 heteroatoms. The highest BCUT2D eigenvalue weighted by atomic mass is 35.5. The molecule has 0 aliphatic carbocycles. The molecule has 1 amide bonds. The number of hydrogen-bond acceptors (Lipinski definition) is 4. The number of halogens is 1. The van der Waals surface area contributed by atoms with E-state index < -0.39 is 0 Å². The maximum absolute atomic E-state index is 12.1. The first-order valence-corrected chi connectivity index (χ1v) is 8.32. The molecule has 4 aromatic rings. The molecule has 0 atom stereocenters. The summed E-state index contributed by atoms with van der Waals surface area (Å²) in [6.45, 7) is 0. The Morgan fingerprint density at radius 3 is 2.62 bits per heavy atom. The van der Waals surface area contributed by atoms with E-state index in [2.05, 4.69) is 10.5 Å². The summed E-state index contributed by atoms with van der Waals surface area (Å²) >= 11 is 6.01. The summed E-state index contributed by atoms with van der Waals surface area (Å²) < 4.78 is 0. The van der Waals surface area contributed by atoms with Crippen LogP contribution >= 0.6 is 11.6 Å². The molecule has 0 saturated heterocycles. The second-order valence-corrected chi connectivity index (χ2v) is 6.19. The second kappa shape index (κ2) is 6.71. The van der Waals surface area contributed by atoms with Gasteiger partial charge in [0.2, 0.25) is 0 Å². The number of aromatic nitrogens is 2. The summed E-state index contributed by atoms with van der Waals surface area (Å²) in [6.07, 6.45) is 3.56. The Balaban J connectivity index is 2.00. The number of benzene rings is 2. The molecular formula is C20H14ClN3O2. The van der Waals surface area contributed by atoms with Crippen molar-refractivity contribution >= 4 is 39.2 Å². The van der Waals surface area contributed by atoms with Crippen LogP contribution < -0.4 is 5.48 Å². The summed E-state index contributed by atoms with van der Waals surface area (Å²) in [5.41, 5.74) is 5.26. The van der Waals surface area contributed by atoms with E-state index in [9.17, 15) is 4.79 Å². The van der Waals surface area contributed by atoms with E-state index in [1.54, 1.807) is 18.3 Å². The predicted molar refractivity (Wildman–Crippen MR) is 102 cm³/mol. The lowest BCUT2D eigenvalue weighted by atomic mass is 10.0. The SMILES string of the molecule is CONC(=O)c1ccc2c(c1)nc(-c1ccc(Cl)cc1)c1ccncc12. The number of rotatable bonds is 3. The van der Waals surface area contributed by atoms with Crippen molar-refractivity contribution in [3.63, 3.8) is 0 Å². The molecule has 1 N–H and O–H groups in total. The summed E-state index contributed by atoms with van der Waals surface area (Å²) in [5.74, 6) is -0.324. The van der Waals surface area contributed by atoms with Crippen LogP contribution in [-0.4, -0.2) is 23.0 Å². The molecule has 0 unspecified atom stereocenters. The summed E-state index contributed by atoms with van der Waals surface area (Å²) in [5, 5.41) is 3.56. The van der Waals surface area contributed by atoms with Crippen LogP contribution in [0.5, 0.6) is 0 Å². The van der Waals surface area contributed by atoms with Crippen molar-refractivity contribution in [2.24, 2.45) is 0 Å². The van der Waals surface area contributed by atoms with Crippen molar-refractivity contribution in [1.29, 1.82) is 0 Å². The number of pyridine rings is 2. The van der Waals surface area contributed by atoms with Gasteiger partial charge in [-0.1, -0.05) is 29.8 Å². The average Bonchev–Trinajstić information content (AvgIpc) is 2.68. The predicted octanol–water partition coefficient (Wildman–Crippen LogP) is 4.39. The van der Waals surface area contributed by atoms with Crippen LogP contribution in [0.2, 0.25) is 5.02 Å². The smallest absolute Gasteiger partial charge is 0.274 e. The van der Waals surface area contributed by atoms with Gasteiger partial charge in [0.25, 0.3) is 5.91 Å². The van der Waals surface area contributed by atoms with Crippen molar-refractivity contribution in [3.05, 3.63) is 71.5 Å². The van der Waals surface area contributed by atoms with Gasteiger partial charge in [0.1, 0.15) is 0 Å². The molecule has 0 fully saturated rings. The van der Waals surface area contributed by atoms with Crippen molar-refractivity contribution in [3.8, 4) is 11.3 Å². The molecular weight excluding hydrogens is 350 g/mol. The molecule has 0 saturated carbocycles. The number of nitrogens with one attached hydrogen (secondary N) is 1. The number of hydrogen-bond donors (Lipinski definition) is 1. The van der Waals surface area contributed by atoms with Crippen LogP contribution in [0, 0.1) is 0 Å². The maximum Gasteiger partial charge on any atom is 0.274 e. The fourth-order valence-electron chi connectivity index (χ4n) is 2.97. The van der Waals surface area contributed by atoms with Gasteiger partial charge in [-0.2, -0.15) is 0 Å². The summed E-state index contributed by atoms with van der Waals surface area (Å²) in [6, 6.07) is 14.8. The molecule has 0 aliphatic rings. The van der Waals surface area contributed by atoms with Gasteiger partial charge < -0.3 is 0 Å². The first-order chi connectivity index (χ1) is 12.7. The summed E-state index contributed by atoms with van der Waals surface area (Å²) in [7, 11) is 1.40. The minimum Gasteiger partial charge on any atom is -0.277 e. The Kier molecular flexibility index (Phi) is 4.24. The van der Waals surface area contributed by atoms with Crippen LogP contribution in [0.4, 0.5) is 0 Å². The van der Waals surface area contributed by atoms with Gasteiger partial charge in [0.05, 0.1) is 18.3 Å². The Labute approximate surface area is 154 Å². The lowest BCUT2D eigenvalue weighted by molar-refractivity contribution is 0.0538.